The van der Waals surface area contributed by atoms with Gasteiger partial charge in [0.15, 0.2) is 0 Å². The zero-order valence-corrected chi connectivity index (χ0v) is 18.3. The number of imidazole rings is 1. The van der Waals surface area contributed by atoms with Gasteiger partial charge in [0, 0.05) is 36.9 Å². The van der Waals surface area contributed by atoms with Gasteiger partial charge in [-0.2, -0.15) is 0 Å². The molecule has 9 nitrogen and oxygen atoms in total. The van der Waals surface area contributed by atoms with E-state index in [2.05, 4.69) is 20.6 Å². The Hall–Kier alpha value is -3.98. The average molecular weight is 447 g/mol. The standard InChI is InChI=1S/C24H25N5O4/c1-2-33-13-7-12-29-20-11-6-5-10-19(20)27-24(29)28-21(30)15-26-23(32)17-14-25-18-9-4-3-8-16(18)22(17)31/h3-6,8-11,14H,2,7,12-13,15H2,1H3,(H,25,31)(H,26,32)(H,27,28,30). The van der Waals surface area contributed by atoms with Crippen LogP contribution in [0.3, 0.4) is 0 Å². The summed E-state index contributed by atoms with van der Waals surface area (Å²) in [6, 6.07) is 14.5. The summed E-state index contributed by atoms with van der Waals surface area (Å²) in [6.45, 7) is 3.52. The maximum atomic E-state index is 12.6. The molecular weight excluding hydrogens is 422 g/mol. The molecule has 0 radical (unpaired) electrons. The molecule has 4 aromatic rings. The van der Waals surface area contributed by atoms with E-state index in [-0.39, 0.29) is 12.1 Å². The van der Waals surface area contributed by atoms with Gasteiger partial charge in [0.25, 0.3) is 5.91 Å². The number of carbonyl (C=O) groups excluding carboxylic acids is 2. The molecular formula is C24H25N5O4. The topological polar surface area (TPSA) is 118 Å². The number of hydrogen-bond donors (Lipinski definition) is 3. The van der Waals surface area contributed by atoms with Crippen molar-refractivity contribution < 1.29 is 14.3 Å². The van der Waals surface area contributed by atoms with Gasteiger partial charge in [-0.1, -0.05) is 24.3 Å². The minimum absolute atomic E-state index is 0.0512. The van der Waals surface area contributed by atoms with Crippen molar-refractivity contribution in [3.63, 3.8) is 0 Å². The fourth-order valence-electron chi connectivity index (χ4n) is 3.63. The number of aromatic nitrogens is 3. The monoisotopic (exact) mass is 447 g/mol. The first-order valence-electron chi connectivity index (χ1n) is 10.8. The molecule has 3 N–H and O–H groups in total. The fraction of sp³-hybridized carbons (Fsp3) is 0.250. The van der Waals surface area contributed by atoms with Gasteiger partial charge in [0.05, 0.1) is 17.6 Å². The van der Waals surface area contributed by atoms with Crippen LogP contribution in [0.15, 0.2) is 59.5 Å². The molecule has 170 valence electrons. The number of pyridine rings is 1. The molecule has 0 aliphatic carbocycles. The summed E-state index contributed by atoms with van der Waals surface area (Å²) in [7, 11) is 0. The number of nitrogens with zero attached hydrogens (tertiary/aromatic N) is 2. The molecule has 0 spiro atoms. The molecule has 0 atom stereocenters. The highest BCUT2D eigenvalue weighted by molar-refractivity contribution is 6.00. The SMILES string of the molecule is CCOCCCn1c(NC(=O)CNC(=O)c2c[nH]c3ccccc3c2=O)nc2ccccc21. The number of fused-ring (bicyclic) bond motifs is 2. The van der Waals surface area contributed by atoms with Gasteiger partial charge in [0.1, 0.15) is 5.56 Å². The van der Waals surface area contributed by atoms with Crippen molar-refractivity contribution in [2.45, 2.75) is 19.9 Å². The third kappa shape index (κ3) is 4.93. The molecule has 2 aromatic heterocycles. The van der Waals surface area contributed by atoms with Crippen molar-refractivity contribution in [1.82, 2.24) is 19.9 Å². The number of aromatic amines is 1. The number of para-hydroxylation sites is 3. The van der Waals surface area contributed by atoms with E-state index in [1.165, 1.54) is 6.20 Å². The summed E-state index contributed by atoms with van der Waals surface area (Å²) in [5.74, 6) is -0.667. The maximum absolute atomic E-state index is 12.6. The number of nitrogens with one attached hydrogen (secondary N) is 3. The molecule has 0 bridgehead atoms. The lowest BCUT2D eigenvalue weighted by Gasteiger charge is -2.11. The van der Waals surface area contributed by atoms with Crippen LogP contribution in [0.5, 0.6) is 0 Å². The second-order valence-electron chi connectivity index (χ2n) is 7.43. The Kier molecular flexibility index (Phi) is 6.80. The quantitative estimate of drug-likeness (QED) is 0.341. The van der Waals surface area contributed by atoms with E-state index >= 15 is 0 Å². The van der Waals surface area contributed by atoms with Crippen LogP contribution in [0.4, 0.5) is 5.95 Å². The van der Waals surface area contributed by atoms with Crippen LogP contribution in [0.1, 0.15) is 23.7 Å². The van der Waals surface area contributed by atoms with Gasteiger partial charge < -0.3 is 19.6 Å². The smallest absolute Gasteiger partial charge is 0.257 e. The van der Waals surface area contributed by atoms with Gasteiger partial charge in [0.2, 0.25) is 17.3 Å². The summed E-state index contributed by atoms with van der Waals surface area (Å²) in [5.41, 5.74) is 1.86. The zero-order valence-electron chi connectivity index (χ0n) is 18.3. The normalized spacial score (nSPS) is 11.1. The molecule has 0 saturated carbocycles. The summed E-state index contributed by atoms with van der Waals surface area (Å²) in [5, 5.41) is 5.69. The average Bonchev–Trinajstić information content (AvgIpc) is 3.17. The lowest BCUT2D eigenvalue weighted by molar-refractivity contribution is -0.115. The van der Waals surface area contributed by atoms with Crippen molar-refractivity contribution in [2.75, 3.05) is 25.1 Å². The first-order chi connectivity index (χ1) is 16.1. The number of amides is 2. The van der Waals surface area contributed by atoms with Crippen LogP contribution < -0.4 is 16.1 Å². The van der Waals surface area contributed by atoms with E-state index in [4.69, 9.17) is 4.74 Å². The van der Waals surface area contributed by atoms with Crippen LogP contribution in [0, 0.1) is 0 Å². The second kappa shape index (κ2) is 10.1. The molecule has 2 aromatic carbocycles. The Balaban J connectivity index is 1.44. The van der Waals surface area contributed by atoms with E-state index in [0.29, 0.717) is 36.6 Å². The number of anilines is 1. The van der Waals surface area contributed by atoms with Crippen molar-refractivity contribution in [1.29, 1.82) is 0 Å². The van der Waals surface area contributed by atoms with Gasteiger partial charge in [-0.05, 0) is 37.6 Å². The number of hydrogen-bond acceptors (Lipinski definition) is 5. The van der Waals surface area contributed by atoms with E-state index in [1.54, 1.807) is 24.3 Å². The van der Waals surface area contributed by atoms with E-state index in [0.717, 1.165) is 17.5 Å². The molecule has 2 amide bonds. The maximum Gasteiger partial charge on any atom is 0.257 e. The zero-order chi connectivity index (χ0) is 23.2. The van der Waals surface area contributed by atoms with Crippen LogP contribution in [0.25, 0.3) is 21.9 Å². The van der Waals surface area contributed by atoms with Crippen LogP contribution >= 0.6 is 0 Å². The van der Waals surface area contributed by atoms with Gasteiger partial charge in [-0.15, -0.1) is 0 Å². The van der Waals surface area contributed by atoms with Crippen LogP contribution in [0.2, 0.25) is 0 Å². The molecule has 0 aliphatic rings. The van der Waals surface area contributed by atoms with Crippen LogP contribution in [-0.2, 0) is 16.1 Å². The van der Waals surface area contributed by atoms with Crippen molar-refractivity contribution in [2.24, 2.45) is 0 Å². The number of benzene rings is 2. The fourth-order valence-corrected chi connectivity index (χ4v) is 3.63. The highest BCUT2D eigenvalue weighted by Gasteiger charge is 2.16. The number of carbonyl (C=O) groups is 2. The van der Waals surface area contributed by atoms with Crippen molar-refractivity contribution in [3.05, 3.63) is 70.5 Å². The molecule has 4 rings (SSSR count). The Morgan fingerprint density at radius 2 is 1.91 bits per heavy atom. The van der Waals surface area contributed by atoms with Crippen molar-refractivity contribution in [3.8, 4) is 0 Å². The molecule has 33 heavy (non-hydrogen) atoms. The molecule has 0 aliphatic heterocycles. The minimum Gasteiger partial charge on any atom is -0.382 e. The molecule has 9 heteroatoms. The van der Waals surface area contributed by atoms with Gasteiger partial charge in [-0.25, -0.2) is 4.98 Å². The molecule has 0 fully saturated rings. The number of aryl methyl sites for hydroxylation is 1. The lowest BCUT2D eigenvalue weighted by atomic mass is 10.1. The Labute approximate surface area is 189 Å². The molecule has 0 saturated heterocycles. The summed E-state index contributed by atoms with van der Waals surface area (Å²) in [4.78, 5) is 45.1. The number of rotatable bonds is 9. The Bertz CT molecular complexity index is 1360. The van der Waals surface area contributed by atoms with Crippen LogP contribution in [-0.4, -0.2) is 46.1 Å². The summed E-state index contributed by atoms with van der Waals surface area (Å²) in [6.07, 6.45) is 2.12. The minimum atomic E-state index is -0.623. The van der Waals surface area contributed by atoms with E-state index in [1.807, 2.05) is 35.8 Å². The van der Waals surface area contributed by atoms with E-state index < -0.39 is 17.2 Å². The van der Waals surface area contributed by atoms with Crippen molar-refractivity contribution >= 4 is 39.7 Å². The second-order valence-corrected chi connectivity index (χ2v) is 7.43. The lowest BCUT2D eigenvalue weighted by Crippen LogP contribution is -2.35. The Morgan fingerprint density at radius 1 is 1.12 bits per heavy atom. The molecule has 0 unspecified atom stereocenters. The predicted molar refractivity (Wildman–Crippen MR) is 126 cm³/mol. The first-order valence-corrected chi connectivity index (χ1v) is 10.8. The summed E-state index contributed by atoms with van der Waals surface area (Å²) < 4.78 is 7.33. The third-order valence-electron chi connectivity index (χ3n) is 5.22. The summed E-state index contributed by atoms with van der Waals surface area (Å²) >= 11 is 0. The van der Waals surface area contributed by atoms with E-state index in [9.17, 15) is 14.4 Å². The highest BCUT2D eigenvalue weighted by atomic mass is 16.5. The number of ether oxygens (including phenoxy) is 1. The largest absolute Gasteiger partial charge is 0.382 e. The third-order valence-corrected chi connectivity index (χ3v) is 5.22. The van der Waals surface area contributed by atoms with Gasteiger partial charge >= 0.3 is 0 Å². The number of H-pyrrole nitrogens is 1. The first kappa shape index (κ1) is 22.2. The predicted octanol–water partition coefficient (Wildman–Crippen LogP) is 2.67. The Morgan fingerprint density at radius 3 is 2.76 bits per heavy atom. The van der Waals surface area contributed by atoms with Gasteiger partial charge in [-0.3, -0.25) is 19.7 Å². The highest BCUT2D eigenvalue weighted by Crippen LogP contribution is 2.20. The molecule has 2 heterocycles.